The van der Waals surface area contributed by atoms with E-state index in [1.54, 1.807) is 31.3 Å². The zero-order chi connectivity index (χ0) is 30.0. The highest BCUT2D eigenvalue weighted by Gasteiger charge is 2.32. The maximum atomic E-state index is 13.1. The molecule has 40 heavy (non-hydrogen) atoms. The number of primary amides is 1. The summed E-state index contributed by atoms with van der Waals surface area (Å²) in [5.74, 6) is -6.43. The van der Waals surface area contributed by atoms with Crippen molar-refractivity contribution in [2.75, 3.05) is 0 Å². The standard InChI is InChI=1S/C26H36N6O8/c1-3-13(2)22(28)25(38)31-18(11-20(27)33)24(37)30-17(8-9-21(34)35)23(36)32-19(26(39)40)10-14-12-29-16-7-5-4-6-15(14)16/h4-7,12-13,17-19,22,29H,3,8-11,28H2,1-2H3,(H2,27,33)(H,30,37)(H,31,38)(H,32,36)(H,34,35)(H,39,40). The minimum absolute atomic E-state index is 0.0987. The Morgan fingerprint density at radius 3 is 2.12 bits per heavy atom. The number of nitrogens with two attached hydrogens (primary N) is 2. The van der Waals surface area contributed by atoms with Gasteiger partial charge in [-0.05, 0) is 24.0 Å². The lowest BCUT2D eigenvalue weighted by molar-refractivity contribution is -0.143. The summed E-state index contributed by atoms with van der Waals surface area (Å²) in [4.78, 5) is 76.5. The number of aromatic nitrogens is 1. The van der Waals surface area contributed by atoms with Crippen molar-refractivity contribution in [2.45, 2.75) is 70.1 Å². The van der Waals surface area contributed by atoms with Gasteiger partial charge in [0.2, 0.25) is 23.6 Å². The lowest BCUT2D eigenvalue weighted by Crippen LogP contribution is -2.58. The minimum atomic E-state index is -1.50. The first-order valence-corrected chi connectivity index (χ1v) is 12.8. The molecule has 5 atom stereocenters. The number of carbonyl (C=O) groups is 6. The Balaban J connectivity index is 2.22. The van der Waals surface area contributed by atoms with Gasteiger partial charge in [-0.1, -0.05) is 38.5 Å². The number of carboxylic acid groups (broad SMARTS) is 2. The summed E-state index contributed by atoms with van der Waals surface area (Å²) < 4.78 is 0. The number of aliphatic carboxylic acids is 2. The van der Waals surface area contributed by atoms with Crippen LogP contribution < -0.4 is 27.4 Å². The predicted molar refractivity (Wildman–Crippen MR) is 144 cm³/mol. The molecule has 1 aromatic heterocycles. The topological polar surface area (TPSA) is 247 Å². The van der Waals surface area contributed by atoms with Gasteiger partial charge in [-0.25, -0.2) is 4.79 Å². The lowest BCUT2D eigenvalue weighted by atomic mass is 9.99. The molecule has 4 amide bonds. The highest BCUT2D eigenvalue weighted by atomic mass is 16.4. The lowest BCUT2D eigenvalue weighted by Gasteiger charge is -2.25. The van der Waals surface area contributed by atoms with Gasteiger partial charge in [-0.15, -0.1) is 0 Å². The van der Waals surface area contributed by atoms with Crippen molar-refractivity contribution < 1.29 is 39.0 Å². The fourth-order valence-electron chi connectivity index (χ4n) is 3.99. The number of para-hydroxylation sites is 1. The van der Waals surface area contributed by atoms with Crippen LogP contribution in [0, 0.1) is 5.92 Å². The van der Waals surface area contributed by atoms with Gasteiger partial charge in [-0.2, -0.15) is 0 Å². The van der Waals surface area contributed by atoms with E-state index in [1.165, 1.54) is 0 Å². The van der Waals surface area contributed by atoms with E-state index >= 15 is 0 Å². The predicted octanol–water partition coefficient (Wildman–Crippen LogP) is -0.637. The van der Waals surface area contributed by atoms with Crippen LogP contribution in [0.2, 0.25) is 0 Å². The summed E-state index contributed by atoms with van der Waals surface area (Å²) in [6, 6.07) is 1.79. The number of aromatic amines is 1. The van der Waals surface area contributed by atoms with E-state index in [2.05, 4.69) is 20.9 Å². The molecule has 1 heterocycles. The van der Waals surface area contributed by atoms with Gasteiger partial charge < -0.3 is 42.6 Å². The van der Waals surface area contributed by atoms with Gasteiger partial charge in [-0.3, -0.25) is 24.0 Å². The molecule has 14 nitrogen and oxygen atoms in total. The van der Waals surface area contributed by atoms with Crippen LogP contribution in [0.5, 0.6) is 0 Å². The Labute approximate surface area is 230 Å². The minimum Gasteiger partial charge on any atom is -0.481 e. The number of fused-ring (bicyclic) bond motifs is 1. The van der Waals surface area contributed by atoms with Crippen molar-refractivity contribution in [1.29, 1.82) is 0 Å². The number of amides is 4. The molecule has 0 bridgehead atoms. The summed E-state index contributed by atoms with van der Waals surface area (Å²) in [5.41, 5.74) is 12.5. The van der Waals surface area contributed by atoms with Crippen LogP contribution >= 0.6 is 0 Å². The first-order valence-electron chi connectivity index (χ1n) is 12.8. The monoisotopic (exact) mass is 560 g/mol. The molecule has 2 rings (SSSR count). The molecule has 0 saturated heterocycles. The van der Waals surface area contributed by atoms with Gasteiger partial charge in [0.25, 0.3) is 0 Å². The number of hydrogen-bond acceptors (Lipinski definition) is 7. The zero-order valence-electron chi connectivity index (χ0n) is 22.3. The van der Waals surface area contributed by atoms with Crippen LogP contribution in [0.1, 0.15) is 45.1 Å². The molecular weight excluding hydrogens is 524 g/mol. The van der Waals surface area contributed by atoms with Gasteiger partial charge in [0.1, 0.15) is 18.1 Å². The van der Waals surface area contributed by atoms with Gasteiger partial charge in [0.05, 0.1) is 12.5 Å². The van der Waals surface area contributed by atoms with Crippen molar-refractivity contribution in [3.63, 3.8) is 0 Å². The van der Waals surface area contributed by atoms with Gasteiger partial charge >= 0.3 is 11.9 Å². The van der Waals surface area contributed by atoms with Crippen LogP contribution in [0.25, 0.3) is 10.9 Å². The molecule has 5 unspecified atom stereocenters. The van der Waals surface area contributed by atoms with Crippen molar-refractivity contribution in [3.05, 3.63) is 36.0 Å². The molecule has 0 aliphatic carbocycles. The van der Waals surface area contributed by atoms with Gasteiger partial charge in [0.15, 0.2) is 0 Å². The highest BCUT2D eigenvalue weighted by molar-refractivity contribution is 5.96. The first kappa shape index (κ1) is 31.8. The summed E-state index contributed by atoms with van der Waals surface area (Å²) in [5, 5.41) is 26.7. The Hall–Kier alpha value is -4.46. The second-order valence-electron chi connectivity index (χ2n) is 9.60. The van der Waals surface area contributed by atoms with E-state index in [0.717, 1.165) is 10.9 Å². The molecular formula is C26H36N6O8. The number of benzene rings is 1. The second kappa shape index (κ2) is 14.6. The van der Waals surface area contributed by atoms with E-state index < -0.39 is 79.0 Å². The quantitative estimate of drug-likeness (QED) is 0.130. The number of rotatable bonds is 16. The summed E-state index contributed by atoms with van der Waals surface area (Å²) in [6.07, 6.45) is 0.550. The number of H-pyrrole nitrogens is 1. The fourth-order valence-corrected chi connectivity index (χ4v) is 3.99. The molecule has 0 radical (unpaired) electrons. The van der Waals surface area contributed by atoms with E-state index in [-0.39, 0.29) is 12.3 Å². The van der Waals surface area contributed by atoms with Crippen LogP contribution in [0.15, 0.2) is 30.5 Å². The normalized spacial score (nSPS) is 14.8. The van der Waals surface area contributed by atoms with E-state index in [0.29, 0.717) is 12.0 Å². The summed E-state index contributed by atoms with van der Waals surface area (Å²) in [7, 11) is 0. The fraction of sp³-hybridized carbons (Fsp3) is 0.462. The molecule has 2 aromatic rings. The van der Waals surface area contributed by atoms with E-state index in [1.807, 2.05) is 13.0 Å². The van der Waals surface area contributed by atoms with Crippen molar-refractivity contribution >= 4 is 46.5 Å². The second-order valence-corrected chi connectivity index (χ2v) is 9.60. The highest BCUT2D eigenvalue weighted by Crippen LogP contribution is 2.19. The third kappa shape index (κ3) is 9.08. The Morgan fingerprint density at radius 1 is 0.925 bits per heavy atom. The molecule has 218 valence electrons. The van der Waals surface area contributed by atoms with E-state index in [4.69, 9.17) is 16.6 Å². The maximum absolute atomic E-state index is 13.1. The molecule has 10 N–H and O–H groups in total. The Kier molecular flexibility index (Phi) is 11.6. The summed E-state index contributed by atoms with van der Waals surface area (Å²) >= 11 is 0. The van der Waals surface area contributed by atoms with Crippen molar-refractivity contribution in [1.82, 2.24) is 20.9 Å². The maximum Gasteiger partial charge on any atom is 0.326 e. The first-order chi connectivity index (χ1) is 18.8. The number of carbonyl (C=O) groups excluding carboxylic acids is 4. The van der Waals surface area contributed by atoms with Crippen molar-refractivity contribution in [2.24, 2.45) is 17.4 Å². The molecule has 14 heteroatoms. The summed E-state index contributed by atoms with van der Waals surface area (Å²) in [6.45, 7) is 3.55. The van der Waals surface area contributed by atoms with Crippen LogP contribution in [0.3, 0.4) is 0 Å². The van der Waals surface area contributed by atoms with Gasteiger partial charge in [0, 0.05) is 29.9 Å². The molecule has 0 spiro atoms. The van der Waals surface area contributed by atoms with Crippen LogP contribution in [-0.4, -0.2) is 74.9 Å². The van der Waals surface area contributed by atoms with Crippen LogP contribution in [0.4, 0.5) is 0 Å². The number of hydrogen-bond donors (Lipinski definition) is 8. The average molecular weight is 561 g/mol. The number of nitrogens with one attached hydrogen (secondary N) is 4. The third-order valence-electron chi connectivity index (χ3n) is 6.59. The van der Waals surface area contributed by atoms with Crippen LogP contribution in [-0.2, 0) is 35.2 Å². The zero-order valence-corrected chi connectivity index (χ0v) is 22.3. The Morgan fingerprint density at radius 2 is 1.52 bits per heavy atom. The van der Waals surface area contributed by atoms with E-state index in [9.17, 15) is 33.9 Å². The molecule has 0 saturated carbocycles. The Bertz CT molecular complexity index is 1240. The number of carboxylic acids is 2. The largest absolute Gasteiger partial charge is 0.481 e. The smallest absolute Gasteiger partial charge is 0.326 e. The average Bonchev–Trinajstić information content (AvgIpc) is 3.31. The molecule has 0 aliphatic heterocycles. The third-order valence-corrected chi connectivity index (χ3v) is 6.59. The van der Waals surface area contributed by atoms with Crippen molar-refractivity contribution in [3.8, 4) is 0 Å². The molecule has 0 aliphatic rings. The molecule has 0 fully saturated rings. The molecule has 1 aromatic carbocycles. The SMILES string of the molecule is CCC(C)C(N)C(=O)NC(CC(N)=O)C(=O)NC(CCC(=O)O)C(=O)NC(Cc1c[nH]c2ccccc12)C(=O)O.